The molecule has 1 atom stereocenters. The SMILES string of the molecule is Fc1cc(F)c(NCC2CCC=CO2)cc1F. The lowest BCUT2D eigenvalue weighted by Crippen LogP contribution is -2.23. The molecule has 0 saturated heterocycles. The third-order valence-corrected chi connectivity index (χ3v) is 2.55. The summed E-state index contributed by atoms with van der Waals surface area (Å²) >= 11 is 0. The molecule has 2 rings (SSSR count). The lowest BCUT2D eigenvalue weighted by Gasteiger charge is -2.20. The highest BCUT2D eigenvalue weighted by Crippen LogP contribution is 2.19. The molecule has 0 saturated carbocycles. The van der Waals surface area contributed by atoms with Crippen molar-refractivity contribution in [1.82, 2.24) is 0 Å². The number of ether oxygens (including phenoxy) is 1. The molecule has 0 amide bonds. The van der Waals surface area contributed by atoms with Gasteiger partial charge in [-0.15, -0.1) is 0 Å². The molecule has 1 N–H and O–H groups in total. The Morgan fingerprint density at radius 2 is 1.94 bits per heavy atom. The first-order valence-electron chi connectivity index (χ1n) is 5.35. The van der Waals surface area contributed by atoms with E-state index in [1.807, 2.05) is 6.08 Å². The summed E-state index contributed by atoms with van der Waals surface area (Å²) in [6, 6.07) is 1.34. The molecule has 0 spiro atoms. The zero-order valence-corrected chi connectivity index (χ0v) is 9.05. The summed E-state index contributed by atoms with van der Waals surface area (Å²) in [6.07, 6.45) is 5.13. The van der Waals surface area contributed by atoms with Crippen LogP contribution in [0, 0.1) is 17.5 Å². The normalized spacial score (nSPS) is 18.9. The van der Waals surface area contributed by atoms with Crippen molar-refractivity contribution >= 4 is 5.69 Å². The number of hydrogen-bond donors (Lipinski definition) is 1. The van der Waals surface area contributed by atoms with Gasteiger partial charge in [-0.25, -0.2) is 13.2 Å². The van der Waals surface area contributed by atoms with Gasteiger partial charge >= 0.3 is 0 Å². The van der Waals surface area contributed by atoms with Crippen LogP contribution in [-0.2, 0) is 4.74 Å². The van der Waals surface area contributed by atoms with E-state index in [1.165, 1.54) is 0 Å². The number of nitrogens with one attached hydrogen (secondary N) is 1. The summed E-state index contributed by atoms with van der Waals surface area (Å²) in [5, 5.41) is 2.71. The quantitative estimate of drug-likeness (QED) is 0.823. The van der Waals surface area contributed by atoms with Crippen molar-refractivity contribution in [1.29, 1.82) is 0 Å². The number of benzene rings is 1. The van der Waals surface area contributed by atoms with Crippen molar-refractivity contribution in [3.63, 3.8) is 0 Å². The van der Waals surface area contributed by atoms with E-state index in [2.05, 4.69) is 5.32 Å². The van der Waals surface area contributed by atoms with Gasteiger partial charge in [0.2, 0.25) is 0 Å². The Labute approximate surface area is 97.1 Å². The van der Waals surface area contributed by atoms with E-state index in [-0.39, 0.29) is 11.8 Å². The minimum atomic E-state index is -1.19. The average molecular weight is 243 g/mol. The molecule has 1 heterocycles. The van der Waals surface area contributed by atoms with Crippen LogP contribution in [0.3, 0.4) is 0 Å². The van der Waals surface area contributed by atoms with Gasteiger partial charge in [-0.3, -0.25) is 0 Å². The van der Waals surface area contributed by atoms with E-state index in [0.29, 0.717) is 12.6 Å². The Morgan fingerprint density at radius 1 is 1.18 bits per heavy atom. The van der Waals surface area contributed by atoms with Crippen molar-refractivity contribution in [3.8, 4) is 0 Å². The zero-order valence-electron chi connectivity index (χ0n) is 9.05. The van der Waals surface area contributed by atoms with Crippen molar-refractivity contribution < 1.29 is 17.9 Å². The Balaban J connectivity index is 1.98. The molecule has 1 aromatic carbocycles. The van der Waals surface area contributed by atoms with E-state index in [4.69, 9.17) is 4.74 Å². The molecule has 0 aliphatic carbocycles. The molecule has 5 heteroatoms. The molecule has 17 heavy (non-hydrogen) atoms. The van der Waals surface area contributed by atoms with Crippen LogP contribution in [0.1, 0.15) is 12.8 Å². The monoisotopic (exact) mass is 243 g/mol. The summed E-state index contributed by atoms with van der Waals surface area (Å²) in [5.41, 5.74) is -0.0537. The van der Waals surface area contributed by atoms with E-state index in [0.717, 1.165) is 18.9 Å². The molecule has 2 nitrogen and oxygen atoms in total. The predicted octanol–water partition coefficient (Wildman–Crippen LogP) is 3.21. The van der Waals surface area contributed by atoms with Gasteiger partial charge in [0, 0.05) is 12.1 Å². The van der Waals surface area contributed by atoms with E-state index in [1.54, 1.807) is 6.26 Å². The highest BCUT2D eigenvalue weighted by Gasteiger charge is 2.13. The third kappa shape index (κ3) is 2.93. The highest BCUT2D eigenvalue weighted by molar-refractivity contribution is 5.45. The Morgan fingerprint density at radius 3 is 2.65 bits per heavy atom. The van der Waals surface area contributed by atoms with Crippen molar-refractivity contribution in [3.05, 3.63) is 41.9 Å². The molecule has 0 aromatic heterocycles. The second kappa shape index (κ2) is 5.12. The van der Waals surface area contributed by atoms with Gasteiger partial charge in [0.25, 0.3) is 0 Å². The van der Waals surface area contributed by atoms with Crippen molar-refractivity contribution in [2.24, 2.45) is 0 Å². The standard InChI is InChI=1S/C12H12F3NO/c13-9-5-11(15)12(6-10(9)14)16-7-8-3-1-2-4-17-8/h2,4-6,8,16H,1,3,7H2. The molecule has 0 radical (unpaired) electrons. The van der Waals surface area contributed by atoms with Crippen LogP contribution < -0.4 is 5.32 Å². The van der Waals surface area contributed by atoms with Crippen molar-refractivity contribution in [2.75, 3.05) is 11.9 Å². The van der Waals surface area contributed by atoms with E-state index >= 15 is 0 Å². The maximum absolute atomic E-state index is 13.3. The molecule has 92 valence electrons. The smallest absolute Gasteiger partial charge is 0.161 e. The first-order chi connectivity index (χ1) is 8.16. The first-order valence-corrected chi connectivity index (χ1v) is 5.35. The van der Waals surface area contributed by atoms with Crippen LogP contribution in [0.25, 0.3) is 0 Å². The molecular weight excluding hydrogens is 231 g/mol. The van der Waals surface area contributed by atoms with Crippen LogP contribution in [0.15, 0.2) is 24.5 Å². The summed E-state index contributed by atoms with van der Waals surface area (Å²) in [6.45, 7) is 0.354. The highest BCUT2D eigenvalue weighted by atomic mass is 19.2. The number of allylic oxidation sites excluding steroid dienone is 1. The van der Waals surface area contributed by atoms with Crippen LogP contribution >= 0.6 is 0 Å². The van der Waals surface area contributed by atoms with Gasteiger partial charge in [0.1, 0.15) is 11.9 Å². The topological polar surface area (TPSA) is 21.3 Å². The molecular formula is C12H12F3NO. The largest absolute Gasteiger partial charge is 0.497 e. The fraction of sp³-hybridized carbons (Fsp3) is 0.333. The minimum Gasteiger partial charge on any atom is -0.497 e. The number of hydrogen-bond acceptors (Lipinski definition) is 2. The lowest BCUT2D eigenvalue weighted by molar-refractivity contribution is 0.135. The fourth-order valence-electron chi connectivity index (χ4n) is 1.62. The molecule has 1 unspecified atom stereocenters. The van der Waals surface area contributed by atoms with Crippen LogP contribution in [-0.4, -0.2) is 12.6 Å². The molecule has 0 bridgehead atoms. The number of halogens is 3. The van der Waals surface area contributed by atoms with Crippen LogP contribution in [0.2, 0.25) is 0 Å². The minimum absolute atomic E-state index is 0.0537. The summed E-state index contributed by atoms with van der Waals surface area (Å²) in [5.74, 6) is -3.07. The van der Waals surface area contributed by atoms with E-state index in [9.17, 15) is 13.2 Å². The lowest BCUT2D eigenvalue weighted by atomic mass is 10.1. The Kier molecular flexibility index (Phi) is 3.56. The second-order valence-corrected chi connectivity index (χ2v) is 3.83. The van der Waals surface area contributed by atoms with Gasteiger partial charge in [-0.1, -0.05) is 0 Å². The molecule has 1 aliphatic heterocycles. The fourth-order valence-corrected chi connectivity index (χ4v) is 1.62. The molecule has 0 fully saturated rings. The second-order valence-electron chi connectivity index (χ2n) is 3.83. The van der Waals surface area contributed by atoms with Gasteiger partial charge < -0.3 is 10.1 Å². The third-order valence-electron chi connectivity index (χ3n) is 2.55. The van der Waals surface area contributed by atoms with Gasteiger partial charge in [0.15, 0.2) is 11.6 Å². The van der Waals surface area contributed by atoms with Crippen molar-refractivity contribution in [2.45, 2.75) is 18.9 Å². The average Bonchev–Trinajstić information content (AvgIpc) is 2.33. The summed E-state index contributed by atoms with van der Waals surface area (Å²) in [7, 11) is 0. The van der Waals surface area contributed by atoms with E-state index < -0.39 is 17.5 Å². The summed E-state index contributed by atoms with van der Waals surface area (Å²) < 4.78 is 44.1. The molecule has 1 aromatic rings. The maximum atomic E-state index is 13.3. The Bertz CT molecular complexity index is 434. The molecule has 1 aliphatic rings. The predicted molar refractivity (Wildman–Crippen MR) is 58.1 cm³/mol. The summed E-state index contributed by atoms with van der Waals surface area (Å²) in [4.78, 5) is 0. The number of rotatable bonds is 3. The first kappa shape index (κ1) is 11.8. The Hall–Kier alpha value is -1.65. The van der Waals surface area contributed by atoms with Crippen LogP contribution in [0.4, 0.5) is 18.9 Å². The maximum Gasteiger partial charge on any atom is 0.161 e. The van der Waals surface area contributed by atoms with Gasteiger partial charge in [0.05, 0.1) is 18.5 Å². The van der Waals surface area contributed by atoms with Gasteiger partial charge in [-0.05, 0) is 18.9 Å². The van der Waals surface area contributed by atoms with Gasteiger partial charge in [-0.2, -0.15) is 0 Å². The number of anilines is 1. The zero-order chi connectivity index (χ0) is 12.3. The van der Waals surface area contributed by atoms with Crippen LogP contribution in [0.5, 0.6) is 0 Å².